The molecule has 0 atom stereocenters. The first-order chi connectivity index (χ1) is 5.72. The number of rotatable bonds is 1. The third kappa shape index (κ3) is 4.48. The zero-order valence-electron chi connectivity index (χ0n) is 6.34. The predicted molar refractivity (Wildman–Crippen MR) is 45.0 cm³/mol. The van der Waals surface area contributed by atoms with Crippen LogP contribution in [0, 0.1) is 0 Å². The highest BCUT2D eigenvalue weighted by Crippen LogP contribution is 1.96. The van der Waals surface area contributed by atoms with Gasteiger partial charge in [-0.1, -0.05) is 18.2 Å². The second-order valence-corrected chi connectivity index (χ2v) is 1.81. The predicted octanol–water partition coefficient (Wildman–Crippen LogP) is -0.378. The summed E-state index contributed by atoms with van der Waals surface area (Å²) in [5, 5.41) is 22.6. The highest BCUT2D eigenvalue weighted by atomic mass is 16.4. The third-order valence-corrected chi connectivity index (χ3v) is 1.02. The summed E-state index contributed by atoms with van der Waals surface area (Å²) in [6.45, 7) is 0. The second-order valence-electron chi connectivity index (χ2n) is 1.81. The largest absolute Gasteiger partial charge is 0.478 e. The first-order valence-electron chi connectivity index (χ1n) is 3.22. The molecule has 0 spiro atoms. The van der Waals surface area contributed by atoms with Crippen molar-refractivity contribution in [3.8, 4) is 0 Å². The van der Waals surface area contributed by atoms with Crippen LogP contribution in [0.4, 0.5) is 0 Å². The van der Waals surface area contributed by atoms with Crippen molar-refractivity contribution in [2.45, 2.75) is 0 Å². The normalized spacial score (nSPS) is 7.83. The lowest BCUT2D eigenvalue weighted by Crippen LogP contribution is -1.93. The lowest BCUT2D eigenvalue weighted by atomic mass is 10.2. The molecule has 0 aromatic heterocycles. The number of carboxylic acids is 1. The van der Waals surface area contributed by atoms with Gasteiger partial charge in [-0.15, -0.1) is 0 Å². The lowest BCUT2D eigenvalue weighted by molar-refractivity contribution is 0.0697. The molecular weight excluding hydrogens is 159 g/mol. The fourth-order valence-corrected chi connectivity index (χ4v) is 0.581. The highest BCUT2D eigenvalue weighted by Gasteiger charge is 1.96. The average Bonchev–Trinajstić information content (AvgIpc) is 2.07. The molecule has 0 bridgehead atoms. The van der Waals surface area contributed by atoms with Gasteiger partial charge in [0, 0.05) is 0 Å². The number of hydrogen-bond donors (Lipinski definition) is 3. The Kier molecular flexibility index (Phi) is 5.68. The van der Waals surface area contributed by atoms with E-state index in [0.29, 0.717) is 5.56 Å². The van der Waals surface area contributed by atoms with Crippen molar-refractivity contribution in [1.29, 1.82) is 0 Å². The molecule has 3 N–H and O–H groups in total. The Labute approximate surface area is 70.4 Å². The molecule has 0 radical (unpaired) electrons. The highest BCUT2D eigenvalue weighted by molar-refractivity contribution is 6.13. The Hall–Kier alpha value is -1.33. The molecule has 0 aliphatic carbocycles. The molecular formula is C7H9BO4. The summed E-state index contributed by atoms with van der Waals surface area (Å²) in [4.78, 5) is 10.2. The minimum absolute atomic E-state index is 0.331. The molecule has 0 saturated carbocycles. The molecule has 0 unspecified atom stereocenters. The summed E-state index contributed by atoms with van der Waals surface area (Å²) in [7, 11) is -0.750. The van der Waals surface area contributed by atoms with Crippen LogP contribution >= 0.6 is 0 Å². The van der Waals surface area contributed by atoms with E-state index < -0.39 is 13.7 Å². The van der Waals surface area contributed by atoms with E-state index in [1.807, 2.05) is 0 Å². The van der Waals surface area contributed by atoms with Crippen LogP contribution in [0.25, 0.3) is 0 Å². The molecule has 4 nitrogen and oxygen atoms in total. The summed E-state index contributed by atoms with van der Waals surface area (Å²) >= 11 is 0. The number of carboxylic acid groups (broad SMARTS) is 1. The van der Waals surface area contributed by atoms with Crippen molar-refractivity contribution in [1.82, 2.24) is 0 Å². The van der Waals surface area contributed by atoms with Crippen LogP contribution in [0.5, 0.6) is 0 Å². The fraction of sp³-hybridized carbons (Fsp3) is 0. The molecule has 64 valence electrons. The first-order valence-corrected chi connectivity index (χ1v) is 3.22. The lowest BCUT2D eigenvalue weighted by Gasteiger charge is -1.88. The van der Waals surface area contributed by atoms with Crippen molar-refractivity contribution < 1.29 is 19.9 Å². The maximum Gasteiger partial charge on any atom is 0.432 e. The molecule has 0 heterocycles. The van der Waals surface area contributed by atoms with Crippen molar-refractivity contribution in [3.63, 3.8) is 0 Å². The van der Waals surface area contributed by atoms with E-state index in [9.17, 15) is 4.79 Å². The Bertz CT molecular complexity index is 224. The quantitative estimate of drug-likeness (QED) is 0.499. The van der Waals surface area contributed by atoms with Crippen molar-refractivity contribution in [3.05, 3.63) is 35.9 Å². The molecule has 12 heavy (non-hydrogen) atoms. The van der Waals surface area contributed by atoms with Crippen LogP contribution in [0.3, 0.4) is 0 Å². The smallest absolute Gasteiger partial charge is 0.432 e. The van der Waals surface area contributed by atoms with Crippen molar-refractivity contribution in [2.75, 3.05) is 0 Å². The zero-order valence-corrected chi connectivity index (χ0v) is 6.34. The van der Waals surface area contributed by atoms with Gasteiger partial charge in [0.15, 0.2) is 0 Å². The summed E-state index contributed by atoms with van der Waals surface area (Å²) in [5.41, 5.74) is 0.331. The van der Waals surface area contributed by atoms with Gasteiger partial charge in [-0.3, -0.25) is 0 Å². The summed E-state index contributed by atoms with van der Waals surface area (Å²) in [6.07, 6.45) is 0. The molecule has 0 amide bonds. The first kappa shape index (κ1) is 10.7. The van der Waals surface area contributed by atoms with Gasteiger partial charge in [0.25, 0.3) is 0 Å². The standard InChI is InChI=1S/C7H6O2.BH3O2/c8-7(9)6-4-2-1-3-5-6;2-1-3/h1-5H,(H,8,9);1-3H. The summed E-state index contributed by atoms with van der Waals surface area (Å²) in [6, 6.07) is 8.30. The summed E-state index contributed by atoms with van der Waals surface area (Å²) < 4.78 is 0. The van der Waals surface area contributed by atoms with Crippen molar-refractivity contribution >= 4 is 13.7 Å². The zero-order chi connectivity index (χ0) is 9.40. The molecule has 5 heteroatoms. The van der Waals surface area contributed by atoms with Crippen LogP contribution in [0.15, 0.2) is 30.3 Å². The van der Waals surface area contributed by atoms with Gasteiger partial charge in [0.2, 0.25) is 0 Å². The van der Waals surface area contributed by atoms with E-state index in [1.165, 1.54) is 0 Å². The fourth-order valence-electron chi connectivity index (χ4n) is 0.581. The Morgan fingerprint density at radius 3 is 1.83 bits per heavy atom. The van der Waals surface area contributed by atoms with E-state index >= 15 is 0 Å². The third-order valence-electron chi connectivity index (χ3n) is 1.02. The van der Waals surface area contributed by atoms with E-state index in [2.05, 4.69) is 0 Å². The Morgan fingerprint density at radius 1 is 1.17 bits per heavy atom. The monoisotopic (exact) mass is 168 g/mol. The Balaban J connectivity index is 0.000000354. The van der Waals surface area contributed by atoms with Crippen LogP contribution in [-0.4, -0.2) is 28.8 Å². The number of aromatic carboxylic acids is 1. The molecule has 1 rings (SSSR count). The maximum absolute atomic E-state index is 10.2. The number of carbonyl (C=O) groups is 1. The van der Waals surface area contributed by atoms with Crippen molar-refractivity contribution in [2.24, 2.45) is 0 Å². The Morgan fingerprint density at radius 2 is 1.58 bits per heavy atom. The minimum Gasteiger partial charge on any atom is -0.478 e. The van der Waals surface area contributed by atoms with Gasteiger partial charge in [0.05, 0.1) is 5.56 Å². The molecule has 0 aliphatic rings. The average molecular weight is 168 g/mol. The van der Waals surface area contributed by atoms with E-state index in [-0.39, 0.29) is 0 Å². The van der Waals surface area contributed by atoms with E-state index in [0.717, 1.165) is 0 Å². The maximum atomic E-state index is 10.2. The van der Waals surface area contributed by atoms with Crippen LogP contribution in [-0.2, 0) is 0 Å². The second kappa shape index (κ2) is 6.39. The minimum atomic E-state index is -0.879. The van der Waals surface area contributed by atoms with Gasteiger partial charge in [-0.2, -0.15) is 0 Å². The molecule has 0 saturated heterocycles. The van der Waals surface area contributed by atoms with E-state index in [4.69, 9.17) is 15.2 Å². The topological polar surface area (TPSA) is 77.8 Å². The molecule has 1 aromatic carbocycles. The number of benzene rings is 1. The van der Waals surface area contributed by atoms with E-state index in [1.54, 1.807) is 30.3 Å². The van der Waals surface area contributed by atoms with Crippen LogP contribution < -0.4 is 0 Å². The number of hydrogen-bond acceptors (Lipinski definition) is 3. The van der Waals surface area contributed by atoms with Gasteiger partial charge >= 0.3 is 13.7 Å². The SMILES string of the molecule is O=C(O)c1ccccc1.OBO. The summed E-state index contributed by atoms with van der Waals surface area (Å²) in [5.74, 6) is -0.879. The molecule has 0 fully saturated rings. The van der Waals surface area contributed by atoms with Gasteiger partial charge in [-0.05, 0) is 12.1 Å². The van der Waals surface area contributed by atoms with Crippen LogP contribution in [0.2, 0.25) is 0 Å². The molecule has 0 aliphatic heterocycles. The van der Waals surface area contributed by atoms with Gasteiger partial charge in [-0.25, -0.2) is 4.79 Å². The van der Waals surface area contributed by atoms with Crippen LogP contribution in [0.1, 0.15) is 10.4 Å². The molecule has 1 aromatic rings. The van der Waals surface area contributed by atoms with Gasteiger partial charge in [0.1, 0.15) is 0 Å². The van der Waals surface area contributed by atoms with Gasteiger partial charge < -0.3 is 15.2 Å².